The molecule has 0 spiro atoms. The third kappa shape index (κ3) is 4.63. The SMILES string of the molecule is CCOc1ccc(OCCN2C(=O)N[C@@](C)(CCc3ccccc3)C2=O)cc1. The molecule has 1 fully saturated rings. The van der Waals surface area contributed by atoms with Gasteiger partial charge in [-0.1, -0.05) is 30.3 Å². The predicted molar refractivity (Wildman–Crippen MR) is 107 cm³/mol. The molecule has 2 aromatic rings. The second-order valence-electron chi connectivity index (χ2n) is 6.96. The molecule has 3 rings (SSSR count). The van der Waals surface area contributed by atoms with Crippen molar-refractivity contribution in [2.75, 3.05) is 19.8 Å². The van der Waals surface area contributed by atoms with E-state index in [9.17, 15) is 9.59 Å². The van der Waals surface area contributed by atoms with Gasteiger partial charge in [0.05, 0.1) is 13.2 Å². The number of aryl methyl sites for hydroxylation is 1. The molecular formula is C22H26N2O4. The molecule has 3 amide bonds. The monoisotopic (exact) mass is 382 g/mol. The van der Waals surface area contributed by atoms with E-state index in [0.717, 1.165) is 17.7 Å². The smallest absolute Gasteiger partial charge is 0.325 e. The van der Waals surface area contributed by atoms with Gasteiger partial charge in [0.25, 0.3) is 5.91 Å². The average molecular weight is 382 g/mol. The Balaban J connectivity index is 1.51. The molecule has 2 aromatic carbocycles. The quantitative estimate of drug-likeness (QED) is 0.675. The molecule has 0 saturated carbocycles. The lowest BCUT2D eigenvalue weighted by molar-refractivity contribution is -0.131. The second-order valence-corrected chi connectivity index (χ2v) is 6.96. The van der Waals surface area contributed by atoms with E-state index in [0.29, 0.717) is 18.8 Å². The van der Waals surface area contributed by atoms with E-state index in [4.69, 9.17) is 9.47 Å². The van der Waals surface area contributed by atoms with Crippen LogP contribution in [0.4, 0.5) is 4.79 Å². The fourth-order valence-electron chi connectivity index (χ4n) is 3.21. The number of imide groups is 1. The number of rotatable bonds is 9. The first-order valence-corrected chi connectivity index (χ1v) is 9.55. The van der Waals surface area contributed by atoms with Gasteiger partial charge < -0.3 is 14.8 Å². The highest BCUT2D eigenvalue weighted by Gasteiger charge is 2.47. The van der Waals surface area contributed by atoms with Gasteiger partial charge in [-0.25, -0.2) is 4.79 Å². The summed E-state index contributed by atoms with van der Waals surface area (Å²) in [6.07, 6.45) is 1.28. The number of hydrogen-bond acceptors (Lipinski definition) is 4. The minimum Gasteiger partial charge on any atom is -0.494 e. The number of ether oxygens (including phenoxy) is 2. The zero-order valence-electron chi connectivity index (χ0n) is 16.3. The number of carbonyl (C=O) groups is 2. The topological polar surface area (TPSA) is 67.9 Å². The normalized spacial score (nSPS) is 18.9. The molecule has 0 aromatic heterocycles. The van der Waals surface area contributed by atoms with Crippen LogP contribution in [0, 0.1) is 0 Å². The minimum absolute atomic E-state index is 0.205. The summed E-state index contributed by atoms with van der Waals surface area (Å²) >= 11 is 0. The number of nitrogens with zero attached hydrogens (tertiary/aromatic N) is 1. The lowest BCUT2D eigenvalue weighted by Gasteiger charge is -2.21. The van der Waals surface area contributed by atoms with Gasteiger partial charge in [-0.2, -0.15) is 0 Å². The van der Waals surface area contributed by atoms with E-state index in [2.05, 4.69) is 5.32 Å². The average Bonchev–Trinajstić information content (AvgIpc) is 2.92. The third-order valence-electron chi connectivity index (χ3n) is 4.82. The first-order chi connectivity index (χ1) is 13.5. The van der Waals surface area contributed by atoms with E-state index in [-0.39, 0.29) is 25.1 Å². The molecule has 1 heterocycles. The molecular weight excluding hydrogens is 356 g/mol. The van der Waals surface area contributed by atoms with Gasteiger partial charge in [-0.3, -0.25) is 9.69 Å². The fourth-order valence-corrected chi connectivity index (χ4v) is 3.21. The van der Waals surface area contributed by atoms with Crippen molar-refractivity contribution in [1.29, 1.82) is 0 Å². The molecule has 1 saturated heterocycles. The maximum atomic E-state index is 12.8. The summed E-state index contributed by atoms with van der Waals surface area (Å²) < 4.78 is 11.1. The van der Waals surface area contributed by atoms with Gasteiger partial charge in [0.15, 0.2) is 0 Å². The van der Waals surface area contributed by atoms with Crippen molar-refractivity contribution in [2.24, 2.45) is 0 Å². The Kier molecular flexibility index (Phi) is 6.19. The van der Waals surface area contributed by atoms with Crippen LogP contribution < -0.4 is 14.8 Å². The fraction of sp³-hybridized carbons (Fsp3) is 0.364. The van der Waals surface area contributed by atoms with Crippen LogP contribution in [-0.2, 0) is 11.2 Å². The van der Waals surface area contributed by atoms with Crippen LogP contribution in [0.25, 0.3) is 0 Å². The molecule has 28 heavy (non-hydrogen) atoms. The van der Waals surface area contributed by atoms with Crippen molar-refractivity contribution in [3.63, 3.8) is 0 Å². The number of urea groups is 1. The summed E-state index contributed by atoms with van der Waals surface area (Å²) in [6.45, 7) is 4.76. The van der Waals surface area contributed by atoms with Crippen molar-refractivity contribution in [1.82, 2.24) is 10.2 Å². The van der Waals surface area contributed by atoms with E-state index in [1.807, 2.05) is 49.4 Å². The molecule has 1 aliphatic rings. The molecule has 0 unspecified atom stereocenters. The minimum atomic E-state index is -0.883. The van der Waals surface area contributed by atoms with Crippen LogP contribution >= 0.6 is 0 Å². The van der Waals surface area contributed by atoms with Crippen LogP contribution in [0.15, 0.2) is 54.6 Å². The Hall–Kier alpha value is -3.02. The van der Waals surface area contributed by atoms with Crippen LogP contribution in [-0.4, -0.2) is 42.1 Å². The summed E-state index contributed by atoms with van der Waals surface area (Å²) in [4.78, 5) is 26.3. The Morgan fingerprint density at radius 2 is 1.61 bits per heavy atom. The third-order valence-corrected chi connectivity index (χ3v) is 4.82. The highest BCUT2D eigenvalue weighted by Crippen LogP contribution is 2.23. The zero-order chi connectivity index (χ0) is 20.0. The van der Waals surface area contributed by atoms with Crippen molar-refractivity contribution < 1.29 is 19.1 Å². The number of amides is 3. The van der Waals surface area contributed by atoms with Gasteiger partial charge in [0, 0.05) is 0 Å². The first kappa shape index (κ1) is 19.7. The van der Waals surface area contributed by atoms with Crippen molar-refractivity contribution in [3.05, 3.63) is 60.2 Å². The molecule has 1 atom stereocenters. The number of hydrogen-bond donors (Lipinski definition) is 1. The van der Waals surface area contributed by atoms with Crippen LogP contribution in [0.2, 0.25) is 0 Å². The lowest BCUT2D eigenvalue weighted by atomic mass is 9.93. The lowest BCUT2D eigenvalue weighted by Crippen LogP contribution is -2.44. The molecule has 1 aliphatic heterocycles. The molecule has 1 N–H and O–H groups in total. The number of benzene rings is 2. The highest BCUT2D eigenvalue weighted by atomic mass is 16.5. The molecule has 0 radical (unpaired) electrons. The zero-order valence-corrected chi connectivity index (χ0v) is 16.3. The van der Waals surface area contributed by atoms with Crippen molar-refractivity contribution in [2.45, 2.75) is 32.2 Å². The van der Waals surface area contributed by atoms with Gasteiger partial charge in [-0.15, -0.1) is 0 Å². The highest BCUT2D eigenvalue weighted by molar-refractivity contribution is 6.06. The molecule has 0 aliphatic carbocycles. The van der Waals surface area contributed by atoms with Crippen molar-refractivity contribution in [3.8, 4) is 11.5 Å². The van der Waals surface area contributed by atoms with Crippen LogP contribution in [0.1, 0.15) is 25.8 Å². The van der Waals surface area contributed by atoms with Gasteiger partial charge in [0.2, 0.25) is 0 Å². The van der Waals surface area contributed by atoms with Gasteiger partial charge in [0.1, 0.15) is 23.6 Å². The summed E-state index contributed by atoms with van der Waals surface area (Å²) in [7, 11) is 0. The van der Waals surface area contributed by atoms with Crippen LogP contribution in [0.5, 0.6) is 11.5 Å². The van der Waals surface area contributed by atoms with E-state index >= 15 is 0 Å². The molecule has 6 nitrogen and oxygen atoms in total. The first-order valence-electron chi connectivity index (χ1n) is 9.55. The van der Waals surface area contributed by atoms with E-state index in [1.165, 1.54) is 4.90 Å². The van der Waals surface area contributed by atoms with Crippen LogP contribution in [0.3, 0.4) is 0 Å². The second kappa shape index (κ2) is 8.78. The van der Waals surface area contributed by atoms with E-state index < -0.39 is 5.54 Å². The summed E-state index contributed by atoms with van der Waals surface area (Å²) in [5.74, 6) is 1.24. The maximum absolute atomic E-state index is 12.8. The Morgan fingerprint density at radius 3 is 2.25 bits per heavy atom. The van der Waals surface area contributed by atoms with E-state index in [1.54, 1.807) is 19.1 Å². The molecule has 6 heteroatoms. The Labute approximate surface area is 165 Å². The van der Waals surface area contributed by atoms with Gasteiger partial charge in [-0.05, 0) is 56.5 Å². The number of carbonyl (C=O) groups excluding carboxylic acids is 2. The molecule has 148 valence electrons. The maximum Gasteiger partial charge on any atom is 0.325 e. The largest absolute Gasteiger partial charge is 0.494 e. The standard InChI is InChI=1S/C22H26N2O4/c1-3-27-18-9-11-19(12-10-18)28-16-15-24-20(25)22(2,23-21(24)26)14-13-17-7-5-4-6-8-17/h4-12H,3,13-16H2,1-2H3,(H,23,26)/t22-/m0/s1. The summed E-state index contributed by atoms with van der Waals surface area (Å²) in [5.41, 5.74) is 0.259. The number of nitrogens with one attached hydrogen (secondary N) is 1. The van der Waals surface area contributed by atoms with Crippen molar-refractivity contribution >= 4 is 11.9 Å². The van der Waals surface area contributed by atoms with Gasteiger partial charge >= 0.3 is 6.03 Å². The summed E-state index contributed by atoms with van der Waals surface area (Å²) in [6, 6.07) is 16.8. The Bertz CT molecular complexity index is 807. The Morgan fingerprint density at radius 1 is 0.964 bits per heavy atom. The predicted octanol–water partition coefficient (Wildman–Crippen LogP) is 3.41. The summed E-state index contributed by atoms with van der Waals surface area (Å²) in [5, 5.41) is 2.84. The molecule has 0 bridgehead atoms.